The van der Waals surface area contributed by atoms with E-state index in [0.29, 0.717) is 55.2 Å². The van der Waals surface area contributed by atoms with Crippen LogP contribution in [0, 0.1) is 0 Å². The van der Waals surface area contributed by atoms with E-state index in [1.165, 1.54) is 0 Å². The summed E-state index contributed by atoms with van der Waals surface area (Å²) in [6, 6.07) is 26.7. The first-order valence-electron chi connectivity index (χ1n) is 12.7. The molecule has 2 unspecified atom stereocenters. The van der Waals surface area contributed by atoms with Crippen LogP contribution >= 0.6 is 0 Å². The van der Waals surface area contributed by atoms with Crippen LogP contribution < -0.4 is 5.46 Å². The molecule has 6 nitrogen and oxygen atoms in total. The zero-order valence-electron chi connectivity index (χ0n) is 21.0. The fraction of sp³-hybridized carbons (Fsp3) is 0.0625. The van der Waals surface area contributed by atoms with Crippen molar-refractivity contribution >= 4 is 35.1 Å². The van der Waals surface area contributed by atoms with Gasteiger partial charge in [0.05, 0.1) is 0 Å². The van der Waals surface area contributed by atoms with E-state index >= 15 is 0 Å². The van der Waals surface area contributed by atoms with Crippen molar-refractivity contribution in [1.29, 1.82) is 0 Å². The number of phenolic OH excluding ortho intramolecular Hbond substituents is 2. The highest BCUT2D eigenvalue weighted by atomic mass is 16.3. The molecule has 0 saturated carbocycles. The molecule has 0 fully saturated rings. The molecule has 2 aromatic heterocycles. The smallest absolute Gasteiger partial charge is 0.142 e. The third-order valence-electron chi connectivity index (χ3n) is 7.94. The number of aromatic nitrogens is 2. The molecule has 0 saturated heterocycles. The van der Waals surface area contributed by atoms with Gasteiger partial charge in [-0.1, -0.05) is 72.2 Å². The minimum absolute atomic E-state index is 0.0192. The quantitative estimate of drug-likeness (QED) is 0.267. The van der Waals surface area contributed by atoms with Gasteiger partial charge in [-0.25, -0.2) is 0 Å². The standard InChI is InChI=1S/C32H23BN2O4/c33-18-9-10-25-26(17-18)32(39,22-12-14-28(37)30-20(22)6-4-16-35-30)24-8-2-1-7-23(24)31(25,38)21-11-13-27(36)29-19(21)5-3-15-34-29/h1-17,36-39H,33H2. The van der Waals surface area contributed by atoms with Crippen molar-refractivity contribution in [3.8, 4) is 11.5 Å². The highest BCUT2D eigenvalue weighted by molar-refractivity contribution is 6.32. The van der Waals surface area contributed by atoms with Crippen molar-refractivity contribution in [2.24, 2.45) is 0 Å². The minimum atomic E-state index is -1.68. The van der Waals surface area contributed by atoms with Crippen molar-refractivity contribution in [1.82, 2.24) is 9.97 Å². The highest BCUT2D eigenvalue weighted by Gasteiger charge is 2.52. The Hall–Kier alpha value is -4.72. The third-order valence-corrected chi connectivity index (χ3v) is 7.94. The van der Waals surface area contributed by atoms with Gasteiger partial charge in [0.25, 0.3) is 0 Å². The third kappa shape index (κ3) is 3.05. The van der Waals surface area contributed by atoms with Gasteiger partial charge in [0.1, 0.15) is 41.6 Å². The Kier molecular flexibility index (Phi) is 4.89. The molecule has 0 bridgehead atoms. The number of hydrogen-bond acceptors (Lipinski definition) is 6. The van der Waals surface area contributed by atoms with E-state index in [9.17, 15) is 20.4 Å². The van der Waals surface area contributed by atoms with Crippen LogP contribution in [0.3, 0.4) is 0 Å². The zero-order chi connectivity index (χ0) is 26.9. The van der Waals surface area contributed by atoms with Gasteiger partial charge in [0.15, 0.2) is 0 Å². The van der Waals surface area contributed by atoms with Crippen molar-refractivity contribution in [2.75, 3.05) is 0 Å². The number of aromatic hydroxyl groups is 2. The van der Waals surface area contributed by atoms with Crippen LogP contribution in [-0.2, 0) is 11.2 Å². The van der Waals surface area contributed by atoms with E-state index in [1.54, 1.807) is 48.8 Å². The van der Waals surface area contributed by atoms with Gasteiger partial charge in [0.2, 0.25) is 0 Å². The Morgan fingerprint density at radius 2 is 0.974 bits per heavy atom. The van der Waals surface area contributed by atoms with Gasteiger partial charge in [-0.15, -0.1) is 0 Å². The summed E-state index contributed by atoms with van der Waals surface area (Å²) < 4.78 is 0. The largest absolute Gasteiger partial charge is 0.506 e. The number of nitrogens with zero attached hydrogens (tertiary/aromatic N) is 2. The molecule has 7 heteroatoms. The summed E-state index contributed by atoms with van der Waals surface area (Å²) in [6.07, 6.45) is 3.20. The van der Waals surface area contributed by atoms with Crippen molar-refractivity contribution in [3.05, 3.63) is 137 Å². The molecule has 0 spiro atoms. The lowest BCUT2D eigenvalue weighted by Crippen LogP contribution is -2.45. The predicted octanol–water partition coefficient (Wildman–Crippen LogP) is 3.33. The summed E-state index contributed by atoms with van der Waals surface area (Å²) in [6.45, 7) is 0. The lowest BCUT2D eigenvalue weighted by molar-refractivity contribution is 0.0764. The van der Waals surface area contributed by atoms with E-state index in [1.807, 2.05) is 62.4 Å². The Bertz CT molecular complexity index is 1960. The molecule has 0 aliphatic heterocycles. The van der Waals surface area contributed by atoms with Crippen LogP contribution in [0.4, 0.5) is 0 Å². The summed E-state index contributed by atoms with van der Waals surface area (Å²) in [7, 11) is 1.94. The van der Waals surface area contributed by atoms with Gasteiger partial charge in [0, 0.05) is 34.3 Å². The number of rotatable bonds is 2. The molecule has 1 aliphatic carbocycles. The van der Waals surface area contributed by atoms with Gasteiger partial charge in [-0.05, 0) is 46.5 Å². The number of hydrogen-bond donors (Lipinski definition) is 4. The average Bonchev–Trinajstić information content (AvgIpc) is 2.96. The lowest BCUT2D eigenvalue weighted by Gasteiger charge is -2.45. The monoisotopic (exact) mass is 510 g/mol. The number of aliphatic hydroxyl groups is 2. The molecule has 1 aliphatic rings. The number of fused-ring (bicyclic) bond motifs is 4. The predicted molar refractivity (Wildman–Crippen MR) is 152 cm³/mol. The molecule has 39 heavy (non-hydrogen) atoms. The van der Waals surface area contributed by atoms with Crippen LogP contribution in [0.2, 0.25) is 0 Å². The Labute approximate surface area is 224 Å². The minimum Gasteiger partial charge on any atom is -0.506 e. The van der Waals surface area contributed by atoms with Crippen LogP contribution in [-0.4, -0.2) is 38.2 Å². The second kappa shape index (κ2) is 8.14. The zero-order valence-corrected chi connectivity index (χ0v) is 21.0. The van der Waals surface area contributed by atoms with Crippen LogP contribution in [0.25, 0.3) is 21.8 Å². The van der Waals surface area contributed by atoms with Crippen molar-refractivity contribution in [3.63, 3.8) is 0 Å². The molecule has 4 aromatic carbocycles. The first kappa shape index (κ1) is 23.4. The lowest BCUT2D eigenvalue weighted by atomic mass is 9.62. The van der Waals surface area contributed by atoms with Crippen molar-refractivity contribution < 1.29 is 20.4 Å². The molecule has 4 N–H and O–H groups in total. The van der Waals surface area contributed by atoms with Gasteiger partial charge in [-0.3, -0.25) is 9.97 Å². The number of phenols is 2. The summed E-state index contributed by atoms with van der Waals surface area (Å²) in [5.41, 5.74) is 1.44. The number of pyridine rings is 2. The summed E-state index contributed by atoms with van der Waals surface area (Å²) in [5, 5.41) is 48.1. The maximum absolute atomic E-state index is 12.9. The fourth-order valence-electron chi connectivity index (χ4n) is 6.20. The van der Waals surface area contributed by atoms with Gasteiger partial charge < -0.3 is 20.4 Å². The summed E-state index contributed by atoms with van der Waals surface area (Å²) >= 11 is 0. The molecule has 6 aromatic rings. The Morgan fingerprint density at radius 1 is 0.513 bits per heavy atom. The fourth-order valence-corrected chi connectivity index (χ4v) is 6.20. The Balaban J connectivity index is 1.64. The van der Waals surface area contributed by atoms with E-state index in [4.69, 9.17) is 0 Å². The average molecular weight is 510 g/mol. The topological polar surface area (TPSA) is 107 Å². The maximum Gasteiger partial charge on any atom is 0.142 e. The molecule has 0 radical (unpaired) electrons. The van der Waals surface area contributed by atoms with E-state index in [-0.39, 0.29) is 11.5 Å². The molecule has 0 amide bonds. The van der Waals surface area contributed by atoms with Crippen molar-refractivity contribution in [2.45, 2.75) is 11.2 Å². The van der Waals surface area contributed by atoms with Crippen LogP contribution in [0.1, 0.15) is 33.4 Å². The second-order valence-corrected chi connectivity index (χ2v) is 10.1. The summed E-state index contributed by atoms with van der Waals surface area (Å²) in [4.78, 5) is 8.75. The molecule has 2 heterocycles. The van der Waals surface area contributed by atoms with Gasteiger partial charge >= 0.3 is 0 Å². The molecule has 2 atom stereocenters. The normalized spacial score (nSPS) is 20.1. The van der Waals surface area contributed by atoms with Crippen LogP contribution in [0.15, 0.2) is 103 Å². The van der Waals surface area contributed by atoms with E-state index < -0.39 is 11.2 Å². The number of benzene rings is 4. The first-order chi connectivity index (χ1) is 18.8. The second-order valence-electron chi connectivity index (χ2n) is 10.1. The maximum atomic E-state index is 12.9. The molecule has 188 valence electrons. The van der Waals surface area contributed by atoms with E-state index in [0.717, 1.165) is 5.46 Å². The Morgan fingerprint density at radius 3 is 1.51 bits per heavy atom. The molecule has 7 rings (SSSR count). The van der Waals surface area contributed by atoms with Crippen LogP contribution in [0.5, 0.6) is 11.5 Å². The first-order valence-corrected chi connectivity index (χ1v) is 12.7. The highest BCUT2D eigenvalue weighted by Crippen LogP contribution is 2.55. The van der Waals surface area contributed by atoms with Gasteiger partial charge in [-0.2, -0.15) is 0 Å². The molecular weight excluding hydrogens is 487 g/mol. The molecular formula is C32H23BN2O4. The summed E-state index contributed by atoms with van der Waals surface area (Å²) in [5.74, 6) is 0.0387. The van der Waals surface area contributed by atoms with E-state index in [2.05, 4.69) is 9.97 Å². The SMILES string of the molecule is Bc1ccc2c(c1)C(O)(c1ccc(O)c3ncccc13)c1ccccc1C2(O)c1ccc(O)c2ncccc12.